The largest absolute Gasteiger partial charge is 1.00 e. The SMILES string of the molecule is Nc1cc(Nc2nc(Cl)nc(Nc3cc(S(=O)(=O)[O-])cc4cc(S(=O)(=O)[O-])c(N=Nc5ccc6ccccc6c5S(=O)(=O)[O-])c(O)c34)n2)ccc1S(=O)(=O)[O-].[Na+]. The molecule has 0 saturated carbocycles. The number of nitrogens with two attached hydrogens (primary N) is 1. The maximum absolute atomic E-state index is 12.4. The van der Waals surface area contributed by atoms with Gasteiger partial charge in [-0.15, -0.1) is 10.2 Å². The van der Waals surface area contributed by atoms with Gasteiger partial charge in [-0.1, -0.05) is 30.3 Å². The van der Waals surface area contributed by atoms with E-state index in [2.05, 4.69) is 35.8 Å². The third kappa shape index (κ3) is 8.98. The molecule has 6 aromatic rings. The van der Waals surface area contributed by atoms with Gasteiger partial charge < -0.3 is 39.7 Å². The van der Waals surface area contributed by atoms with Crippen LogP contribution in [0.2, 0.25) is 5.28 Å². The quantitative estimate of drug-likeness (QED) is 0.0635. The first-order valence-corrected chi connectivity index (χ1v) is 20.5. The smallest absolute Gasteiger partial charge is 0.744 e. The molecule has 5 aromatic carbocycles. The Labute approximate surface area is 343 Å². The molecule has 6 rings (SSSR count). The van der Waals surface area contributed by atoms with Crippen LogP contribution in [-0.4, -0.2) is 71.9 Å². The molecule has 0 bridgehead atoms. The van der Waals surface area contributed by atoms with E-state index in [1.807, 2.05) is 0 Å². The minimum Gasteiger partial charge on any atom is -0.744 e. The number of fused-ring (bicyclic) bond motifs is 2. The first-order chi connectivity index (χ1) is 25.5. The number of azo groups is 1. The number of rotatable bonds is 10. The first-order valence-electron chi connectivity index (χ1n) is 14.5. The molecule has 56 heavy (non-hydrogen) atoms. The van der Waals surface area contributed by atoms with Crippen molar-refractivity contribution >= 4 is 114 Å². The van der Waals surface area contributed by atoms with Crippen molar-refractivity contribution in [2.45, 2.75) is 19.6 Å². The second-order valence-corrected chi connectivity index (χ2v) is 16.8. The number of phenols is 1. The summed E-state index contributed by atoms with van der Waals surface area (Å²) in [7, 11) is -21.1. The van der Waals surface area contributed by atoms with Crippen molar-refractivity contribution in [1.29, 1.82) is 0 Å². The number of nitrogen functional groups attached to an aromatic ring is 1. The average molecular weight is 872 g/mol. The number of hydrogen-bond acceptors (Lipinski definition) is 21. The van der Waals surface area contributed by atoms with E-state index >= 15 is 0 Å². The summed E-state index contributed by atoms with van der Waals surface area (Å²) in [6.45, 7) is 0. The summed E-state index contributed by atoms with van der Waals surface area (Å²) in [5.41, 5.74) is 3.04. The van der Waals surface area contributed by atoms with Gasteiger partial charge in [0.1, 0.15) is 51.8 Å². The van der Waals surface area contributed by atoms with Crippen molar-refractivity contribution in [3.8, 4) is 5.75 Å². The van der Waals surface area contributed by atoms with Gasteiger partial charge in [0.05, 0.1) is 31.0 Å². The Morgan fingerprint density at radius 2 is 1.32 bits per heavy atom. The van der Waals surface area contributed by atoms with Gasteiger partial charge in [-0.2, -0.15) is 15.0 Å². The molecule has 286 valence electrons. The van der Waals surface area contributed by atoms with Gasteiger partial charge >= 0.3 is 29.6 Å². The number of phenolic OH excluding ortho intramolecular Hbond substituents is 1. The standard InChI is InChI=1S/C29H21ClN8O13S4.Na/c30-27-34-28(32-15-6-8-21(18(31)11-15)53(43,44)45)36-29(35-27)33-20-12-16(52(40,41)42)9-14-10-22(54(46,47)48)24(25(39)23(14)20)38-37-19-7-5-13-3-1-2-4-17(13)26(19)55(49,50)51;/h1-12,39H,31H2,(H,40,41,42)(H,43,44,45)(H,46,47,48)(H,49,50,51)(H2,32,33,34,35,36);/q;+1/p-4. The van der Waals surface area contributed by atoms with Crippen molar-refractivity contribution in [3.05, 3.63) is 78.1 Å². The maximum Gasteiger partial charge on any atom is 1.00 e. The molecule has 0 aliphatic carbocycles. The van der Waals surface area contributed by atoms with Crippen molar-refractivity contribution in [1.82, 2.24) is 15.0 Å². The molecule has 0 amide bonds. The second-order valence-electron chi connectivity index (χ2n) is 11.0. The summed E-state index contributed by atoms with van der Waals surface area (Å²) in [5, 5.41) is 22.6. The van der Waals surface area contributed by atoms with E-state index in [0.29, 0.717) is 23.6 Å². The van der Waals surface area contributed by atoms with Crippen LogP contribution in [0, 0.1) is 0 Å². The van der Waals surface area contributed by atoms with E-state index in [1.54, 1.807) is 6.07 Å². The molecule has 27 heteroatoms. The van der Waals surface area contributed by atoms with Crippen molar-refractivity contribution in [2.75, 3.05) is 16.4 Å². The van der Waals surface area contributed by atoms with E-state index in [0.717, 1.165) is 24.3 Å². The van der Waals surface area contributed by atoms with Gasteiger partial charge in [0.15, 0.2) is 5.75 Å². The van der Waals surface area contributed by atoms with E-state index in [1.165, 1.54) is 24.3 Å². The molecule has 0 fully saturated rings. The van der Waals surface area contributed by atoms with E-state index in [-0.39, 0.29) is 46.6 Å². The number of hydrogen-bond donors (Lipinski definition) is 4. The number of aromatic nitrogens is 3. The topological polar surface area (TPSA) is 362 Å². The zero-order valence-electron chi connectivity index (χ0n) is 27.6. The molecular weight excluding hydrogens is 855 g/mol. The van der Waals surface area contributed by atoms with Crippen LogP contribution in [0.3, 0.4) is 0 Å². The van der Waals surface area contributed by atoms with Gasteiger partial charge in [-0.05, 0) is 64.8 Å². The number of nitrogens with zero attached hydrogens (tertiary/aromatic N) is 5. The van der Waals surface area contributed by atoms with Crippen LogP contribution in [-0.2, 0) is 40.5 Å². The summed E-state index contributed by atoms with van der Waals surface area (Å²) in [4.78, 5) is 7.83. The van der Waals surface area contributed by atoms with Crippen molar-refractivity contribution in [3.63, 3.8) is 0 Å². The Morgan fingerprint density at radius 3 is 1.93 bits per heavy atom. The fraction of sp³-hybridized carbons (Fsp3) is 0. The molecule has 0 radical (unpaired) electrons. The van der Waals surface area contributed by atoms with Gasteiger partial charge in [0, 0.05) is 16.5 Å². The van der Waals surface area contributed by atoms with Crippen LogP contribution in [0.1, 0.15) is 0 Å². The summed E-state index contributed by atoms with van der Waals surface area (Å²) in [6, 6.07) is 13.1. The fourth-order valence-corrected chi connectivity index (χ4v) is 7.97. The number of anilines is 5. The van der Waals surface area contributed by atoms with Crippen LogP contribution < -0.4 is 45.9 Å². The summed E-state index contributed by atoms with van der Waals surface area (Å²) >= 11 is 6.05. The van der Waals surface area contributed by atoms with Crippen LogP contribution in [0.4, 0.5) is 40.3 Å². The van der Waals surface area contributed by atoms with Crippen LogP contribution >= 0.6 is 11.6 Å². The second kappa shape index (κ2) is 15.4. The van der Waals surface area contributed by atoms with Crippen molar-refractivity contribution < 1.29 is 86.5 Å². The van der Waals surface area contributed by atoms with Crippen LogP contribution in [0.5, 0.6) is 5.75 Å². The van der Waals surface area contributed by atoms with E-state index in [9.17, 15) is 57.0 Å². The van der Waals surface area contributed by atoms with Crippen molar-refractivity contribution in [2.24, 2.45) is 10.2 Å². The maximum atomic E-state index is 12.4. The van der Waals surface area contributed by atoms with Gasteiger partial charge in [0.2, 0.25) is 17.2 Å². The number of nitrogens with one attached hydrogen (secondary N) is 2. The molecule has 5 N–H and O–H groups in total. The normalized spacial score (nSPS) is 12.5. The summed E-state index contributed by atoms with van der Waals surface area (Å²) < 4.78 is 145. The molecule has 0 atom stereocenters. The number of benzene rings is 5. The Bertz CT molecular complexity index is 3100. The first kappa shape index (κ1) is 42.5. The van der Waals surface area contributed by atoms with Crippen LogP contribution in [0.25, 0.3) is 21.5 Å². The Balaban J connectivity index is 0.00000600. The van der Waals surface area contributed by atoms with Gasteiger partial charge in [0.25, 0.3) is 0 Å². The molecule has 1 aromatic heterocycles. The van der Waals surface area contributed by atoms with Gasteiger partial charge in [-0.25, -0.2) is 33.7 Å². The monoisotopic (exact) mass is 871 g/mol. The number of aromatic hydroxyl groups is 1. The van der Waals surface area contributed by atoms with E-state index < -0.39 is 111 Å². The predicted molar refractivity (Wildman–Crippen MR) is 188 cm³/mol. The third-order valence-corrected chi connectivity index (χ3v) is 11.1. The summed E-state index contributed by atoms with van der Waals surface area (Å²) in [5.74, 6) is -2.07. The molecule has 21 nitrogen and oxygen atoms in total. The number of halogens is 1. The summed E-state index contributed by atoms with van der Waals surface area (Å²) in [6.07, 6.45) is 0. The molecule has 0 unspecified atom stereocenters. The molecular formula is C29H17ClN8NaO13S4-3. The van der Waals surface area contributed by atoms with Gasteiger partial charge in [-0.3, -0.25) is 0 Å². The zero-order valence-corrected chi connectivity index (χ0v) is 33.6. The Kier molecular flexibility index (Phi) is 11.7. The molecule has 0 aliphatic heterocycles. The zero-order chi connectivity index (χ0) is 40.2. The Morgan fingerprint density at radius 1 is 0.679 bits per heavy atom. The van der Waals surface area contributed by atoms with E-state index in [4.69, 9.17) is 17.3 Å². The molecule has 0 saturated heterocycles. The minimum absolute atomic E-state index is 0. The molecule has 1 heterocycles. The fourth-order valence-electron chi connectivity index (χ4n) is 5.23. The van der Waals surface area contributed by atoms with Crippen LogP contribution in [0.15, 0.2) is 103 Å². The average Bonchev–Trinajstić information content (AvgIpc) is 3.05. The molecule has 0 aliphatic rings. The predicted octanol–water partition coefficient (Wildman–Crippen LogP) is 0.642. The Hall–Kier alpha value is -4.64. The minimum atomic E-state index is -5.61. The third-order valence-electron chi connectivity index (χ3n) is 7.44. The molecule has 0 spiro atoms.